The Morgan fingerprint density at radius 2 is 2.20 bits per heavy atom. The van der Waals surface area contributed by atoms with E-state index in [0.717, 1.165) is 12.1 Å². The molecule has 1 unspecified atom stereocenters. The maximum atomic E-state index is 10.7. The van der Waals surface area contributed by atoms with Crippen LogP contribution in [0.25, 0.3) is 0 Å². The largest absolute Gasteiger partial charge is 0.768 e. The summed E-state index contributed by atoms with van der Waals surface area (Å²) in [6.45, 7) is 5.92. The molecule has 0 amide bonds. The van der Waals surface area contributed by atoms with Crippen LogP contribution in [0.2, 0.25) is 0 Å². The summed E-state index contributed by atoms with van der Waals surface area (Å²) in [4.78, 5) is 0.346. The van der Waals surface area contributed by atoms with Crippen molar-refractivity contribution in [1.29, 1.82) is 0 Å². The maximum absolute atomic E-state index is 10.7. The molecule has 4 heteroatoms. The first-order valence-electron chi connectivity index (χ1n) is 4.98. The molecule has 3 nitrogen and oxygen atoms in total. The number of hydrogen-bond acceptors (Lipinski definition) is 3. The Morgan fingerprint density at radius 3 is 2.80 bits per heavy atom. The molecule has 1 N–H and O–H groups in total. The highest BCUT2D eigenvalue weighted by atomic mass is 32.2. The van der Waals surface area contributed by atoms with Crippen molar-refractivity contribution < 1.29 is 8.76 Å². The lowest BCUT2D eigenvalue weighted by molar-refractivity contribution is 0.536. The van der Waals surface area contributed by atoms with Gasteiger partial charge in [-0.25, -0.2) is 0 Å². The molecule has 0 aliphatic carbocycles. The fourth-order valence-corrected chi connectivity index (χ4v) is 1.70. The third-order valence-corrected chi connectivity index (χ3v) is 2.61. The van der Waals surface area contributed by atoms with Gasteiger partial charge in [0.05, 0.1) is 0 Å². The zero-order chi connectivity index (χ0) is 11.3. The van der Waals surface area contributed by atoms with Crippen LogP contribution in [-0.4, -0.2) is 15.3 Å². The average Bonchev–Trinajstić information content (AvgIpc) is 2.17. The summed E-state index contributed by atoms with van der Waals surface area (Å²) >= 11 is -2.13. The van der Waals surface area contributed by atoms with Crippen LogP contribution in [-0.2, 0) is 17.6 Å². The van der Waals surface area contributed by atoms with Gasteiger partial charge < -0.3 is 9.87 Å². The lowest BCUT2D eigenvalue weighted by atomic mass is 10.2. The predicted octanol–water partition coefficient (Wildman–Crippen LogP) is 1.67. The van der Waals surface area contributed by atoms with Crippen molar-refractivity contribution in [2.75, 3.05) is 6.54 Å². The molecule has 0 saturated heterocycles. The molecule has 0 bridgehead atoms. The minimum absolute atomic E-state index is 0.346. The van der Waals surface area contributed by atoms with Crippen LogP contribution >= 0.6 is 0 Å². The van der Waals surface area contributed by atoms with Gasteiger partial charge in [0.25, 0.3) is 0 Å². The highest BCUT2D eigenvalue weighted by Crippen LogP contribution is 2.08. The van der Waals surface area contributed by atoms with E-state index in [1.54, 1.807) is 18.2 Å². The van der Waals surface area contributed by atoms with Gasteiger partial charge in [0.15, 0.2) is 0 Å². The van der Waals surface area contributed by atoms with Gasteiger partial charge in [-0.15, -0.1) is 0 Å². The molecule has 0 radical (unpaired) electrons. The van der Waals surface area contributed by atoms with Gasteiger partial charge in [-0.3, -0.25) is 4.21 Å². The fourth-order valence-electron chi connectivity index (χ4n) is 1.26. The molecule has 0 fully saturated rings. The summed E-state index contributed by atoms with van der Waals surface area (Å²) in [5.41, 5.74) is 0.998. The van der Waals surface area contributed by atoms with Gasteiger partial charge in [0.2, 0.25) is 0 Å². The molecule has 0 saturated carbocycles. The molecule has 1 rings (SSSR count). The molecule has 0 spiro atoms. The Bertz CT molecular complexity index is 339. The molecule has 1 aromatic rings. The molecule has 15 heavy (non-hydrogen) atoms. The van der Waals surface area contributed by atoms with Crippen LogP contribution in [0.4, 0.5) is 0 Å². The van der Waals surface area contributed by atoms with E-state index < -0.39 is 11.1 Å². The van der Waals surface area contributed by atoms with Crippen molar-refractivity contribution in [3.63, 3.8) is 0 Å². The zero-order valence-corrected chi connectivity index (χ0v) is 9.84. The van der Waals surface area contributed by atoms with Crippen molar-refractivity contribution in [2.45, 2.75) is 25.3 Å². The number of nitrogens with one attached hydrogen (secondary N) is 1. The van der Waals surface area contributed by atoms with Crippen LogP contribution in [0.5, 0.6) is 0 Å². The van der Waals surface area contributed by atoms with Gasteiger partial charge in [-0.05, 0) is 41.2 Å². The number of rotatable bonds is 5. The molecule has 1 atom stereocenters. The molecule has 0 aromatic heterocycles. The second-order valence-electron chi connectivity index (χ2n) is 3.91. The second-order valence-corrected chi connectivity index (χ2v) is 4.85. The van der Waals surface area contributed by atoms with E-state index >= 15 is 0 Å². The van der Waals surface area contributed by atoms with Crippen molar-refractivity contribution in [1.82, 2.24) is 5.32 Å². The van der Waals surface area contributed by atoms with E-state index in [0.29, 0.717) is 17.4 Å². The fraction of sp³-hybridized carbons (Fsp3) is 0.455. The predicted molar refractivity (Wildman–Crippen MR) is 60.2 cm³/mol. The summed E-state index contributed by atoms with van der Waals surface area (Å²) in [5, 5.41) is 3.27. The molecule has 0 aliphatic rings. The Labute approximate surface area is 93.2 Å². The summed E-state index contributed by atoms with van der Waals surface area (Å²) in [6.07, 6.45) is 0. The smallest absolute Gasteiger partial charge is 0.0251 e. The minimum atomic E-state index is -2.13. The molecule has 0 heterocycles. The van der Waals surface area contributed by atoms with Crippen LogP contribution < -0.4 is 5.32 Å². The van der Waals surface area contributed by atoms with E-state index in [-0.39, 0.29) is 0 Å². The quantitative estimate of drug-likeness (QED) is 0.777. The molecule has 0 aliphatic heterocycles. The van der Waals surface area contributed by atoms with Crippen molar-refractivity contribution >= 4 is 11.1 Å². The van der Waals surface area contributed by atoms with E-state index in [1.165, 1.54) is 0 Å². The minimum Gasteiger partial charge on any atom is -0.768 e. The summed E-state index contributed by atoms with van der Waals surface area (Å²) in [5.74, 6) is 0.599. The first-order chi connectivity index (χ1) is 7.09. The van der Waals surface area contributed by atoms with Crippen molar-refractivity contribution in [3.8, 4) is 0 Å². The van der Waals surface area contributed by atoms with E-state index in [1.807, 2.05) is 6.07 Å². The first kappa shape index (κ1) is 12.4. The molecular weight excluding hydrogens is 210 g/mol. The van der Waals surface area contributed by atoms with Crippen molar-refractivity contribution in [3.05, 3.63) is 29.8 Å². The monoisotopic (exact) mass is 226 g/mol. The Kier molecular flexibility index (Phi) is 4.94. The molecular formula is C11H16NO2S-. The van der Waals surface area contributed by atoms with E-state index in [2.05, 4.69) is 19.2 Å². The van der Waals surface area contributed by atoms with Gasteiger partial charge in [0, 0.05) is 11.4 Å². The Balaban J connectivity index is 2.54. The highest BCUT2D eigenvalue weighted by Gasteiger charge is 1.97. The lowest BCUT2D eigenvalue weighted by Crippen LogP contribution is -2.18. The topological polar surface area (TPSA) is 52.2 Å². The lowest BCUT2D eigenvalue weighted by Gasteiger charge is -2.09. The number of hydrogen-bond donors (Lipinski definition) is 1. The third-order valence-electron chi connectivity index (χ3n) is 1.97. The second kappa shape index (κ2) is 6.00. The average molecular weight is 226 g/mol. The molecule has 1 aromatic carbocycles. The van der Waals surface area contributed by atoms with Crippen LogP contribution in [0.3, 0.4) is 0 Å². The van der Waals surface area contributed by atoms with Gasteiger partial charge >= 0.3 is 0 Å². The normalized spacial score (nSPS) is 13.1. The third kappa shape index (κ3) is 4.55. The van der Waals surface area contributed by atoms with Crippen LogP contribution in [0.15, 0.2) is 29.2 Å². The first-order valence-corrected chi connectivity index (χ1v) is 6.06. The SMILES string of the molecule is CC(C)CNCc1cccc(S(=O)[O-])c1. The van der Waals surface area contributed by atoms with Crippen LogP contribution in [0, 0.1) is 5.92 Å². The standard InChI is InChI=1S/C11H17NO2S/c1-9(2)7-12-8-10-4-3-5-11(6-10)15(13)14/h3-6,9,12H,7-8H2,1-2H3,(H,13,14)/p-1. The Morgan fingerprint density at radius 1 is 1.47 bits per heavy atom. The zero-order valence-electron chi connectivity index (χ0n) is 9.03. The van der Waals surface area contributed by atoms with Crippen LogP contribution in [0.1, 0.15) is 19.4 Å². The summed E-state index contributed by atoms with van der Waals surface area (Å²) in [6, 6.07) is 6.96. The highest BCUT2D eigenvalue weighted by molar-refractivity contribution is 7.79. The maximum Gasteiger partial charge on any atom is 0.0251 e. The van der Waals surface area contributed by atoms with Gasteiger partial charge in [-0.1, -0.05) is 26.0 Å². The summed E-state index contributed by atoms with van der Waals surface area (Å²) in [7, 11) is 0. The van der Waals surface area contributed by atoms with E-state index in [9.17, 15) is 8.76 Å². The van der Waals surface area contributed by atoms with Crippen molar-refractivity contribution in [2.24, 2.45) is 5.92 Å². The van der Waals surface area contributed by atoms with Gasteiger partial charge in [-0.2, -0.15) is 0 Å². The van der Waals surface area contributed by atoms with E-state index in [4.69, 9.17) is 0 Å². The number of benzene rings is 1. The van der Waals surface area contributed by atoms with Gasteiger partial charge in [0.1, 0.15) is 0 Å². The summed E-state index contributed by atoms with van der Waals surface area (Å²) < 4.78 is 21.4. The Hall–Kier alpha value is -0.710. The molecule has 84 valence electrons.